The van der Waals surface area contributed by atoms with Crippen molar-refractivity contribution in [2.45, 2.75) is 44.8 Å². The van der Waals surface area contributed by atoms with E-state index in [2.05, 4.69) is 22.3 Å². The fourth-order valence-electron chi connectivity index (χ4n) is 3.61. The van der Waals surface area contributed by atoms with Crippen molar-refractivity contribution in [2.24, 2.45) is 5.92 Å². The number of sulfone groups is 1. The molecule has 7 nitrogen and oxygen atoms in total. The van der Waals surface area contributed by atoms with Gasteiger partial charge in [0, 0.05) is 19.6 Å². The summed E-state index contributed by atoms with van der Waals surface area (Å²) in [6, 6.07) is 10.3. The molecule has 27 heavy (non-hydrogen) atoms. The van der Waals surface area contributed by atoms with E-state index in [1.54, 1.807) is 11.8 Å². The normalized spacial score (nSPS) is 15.9. The average molecular weight is 391 g/mol. The Morgan fingerprint density at radius 1 is 1.15 bits per heavy atom. The molecule has 146 valence electrons. The highest BCUT2D eigenvalue weighted by Crippen LogP contribution is 2.22. The molecule has 1 fully saturated rings. The molecule has 0 bridgehead atoms. The lowest BCUT2D eigenvalue weighted by Crippen LogP contribution is -2.42. The van der Waals surface area contributed by atoms with Crippen LogP contribution in [0.15, 0.2) is 35.5 Å². The number of aryl methyl sites for hydroxylation is 1. The molecule has 1 aromatic heterocycles. The maximum Gasteiger partial charge on any atom is 0.250 e. The zero-order chi connectivity index (χ0) is 19.4. The van der Waals surface area contributed by atoms with Gasteiger partial charge in [0.2, 0.25) is 20.9 Å². The van der Waals surface area contributed by atoms with Crippen LogP contribution in [0.1, 0.15) is 31.2 Å². The Labute approximate surface area is 160 Å². The Bertz CT molecular complexity index is 885. The van der Waals surface area contributed by atoms with E-state index in [1.165, 1.54) is 10.1 Å². The number of rotatable bonds is 6. The predicted octanol–water partition coefficient (Wildman–Crippen LogP) is 1.86. The van der Waals surface area contributed by atoms with Gasteiger partial charge in [-0.25, -0.2) is 8.42 Å². The van der Waals surface area contributed by atoms with Gasteiger partial charge in [0.15, 0.2) is 0 Å². The van der Waals surface area contributed by atoms with Crippen molar-refractivity contribution in [1.82, 2.24) is 19.7 Å². The van der Waals surface area contributed by atoms with Crippen LogP contribution in [-0.2, 0) is 27.6 Å². The van der Waals surface area contributed by atoms with E-state index in [0.717, 1.165) is 19.3 Å². The van der Waals surface area contributed by atoms with Crippen molar-refractivity contribution in [3.63, 3.8) is 0 Å². The fourth-order valence-corrected chi connectivity index (χ4v) is 5.01. The molecule has 2 heterocycles. The molecule has 1 aromatic carbocycles. The lowest BCUT2D eigenvalue weighted by Gasteiger charge is -2.32. The minimum atomic E-state index is -3.79. The molecule has 1 amide bonds. The lowest BCUT2D eigenvalue weighted by molar-refractivity contribution is -0.129. The third-order valence-electron chi connectivity index (χ3n) is 5.14. The van der Waals surface area contributed by atoms with E-state index < -0.39 is 15.6 Å². The second kappa shape index (κ2) is 8.21. The molecular weight excluding hydrogens is 364 g/mol. The molecule has 0 saturated carbocycles. The molecule has 1 saturated heterocycles. The molecule has 0 spiro atoms. The van der Waals surface area contributed by atoms with Gasteiger partial charge in [0.25, 0.3) is 0 Å². The molecule has 1 aliphatic heterocycles. The van der Waals surface area contributed by atoms with Crippen molar-refractivity contribution in [1.29, 1.82) is 0 Å². The predicted molar refractivity (Wildman–Crippen MR) is 102 cm³/mol. The van der Waals surface area contributed by atoms with Gasteiger partial charge in [-0.15, -0.1) is 10.2 Å². The van der Waals surface area contributed by atoms with E-state index in [-0.39, 0.29) is 11.1 Å². The van der Waals surface area contributed by atoms with Crippen molar-refractivity contribution < 1.29 is 13.2 Å². The number of likely N-dealkylation sites (tertiary alicyclic amines) is 1. The van der Waals surface area contributed by atoms with E-state index in [9.17, 15) is 13.2 Å². The van der Waals surface area contributed by atoms with Crippen LogP contribution < -0.4 is 0 Å². The summed E-state index contributed by atoms with van der Waals surface area (Å²) < 4.78 is 26.7. The third kappa shape index (κ3) is 4.55. The summed E-state index contributed by atoms with van der Waals surface area (Å²) >= 11 is 0. The highest BCUT2D eigenvalue weighted by molar-refractivity contribution is 7.91. The van der Waals surface area contributed by atoms with Gasteiger partial charge < -0.3 is 9.47 Å². The zero-order valence-electron chi connectivity index (χ0n) is 15.8. The lowest BCUT2D eigenvalue weighted by atomic mass is 9.90. The first-order valence-electron chi connectivity index (χ1n) is 9.35. The standard InChI is InChI=1S/C19H26N4O3S/c1-3-23-15(2)20-21-19(23)27(25,26)14-18(24)22-11-9-17(10-12-22)13-16-7-5-4-6-8-16/h4-8,17H,3,9-14H2,1-2H3. The second-order valence-electron chi connectivity index (χ2n) is 7.05. The Kier molecular flexibility index (Phi) is 5.94. The summed E-state index contributed by atoms with van der Waals surface area (Å²) in [5.74, 6) is 0.162. The number of benzene rings is 1. The maximum absolute atomic E-state index is 12.6. The van der Waals surface area contributed by atoms with Crippen LogP contribution in [0, 0.1) is 12.8 Å². The van der Waals surface area contributed by atoms with Gasteiger partial charge in [0.1, 0.15) is 11.6 Å². The second-order valence-corrected chi connectivity index (χ2v) is 8.93. The minimum absolute atomic E-state index is 0.116. The number of hydrogen-bond donors (Lipinski definition) is 0. The maximum atomic E-state index is 12.6. The number of carbonyl (C=O) groups excluding carboxylic acids is 1. The molecule has 0 N–H and O–H groups in total. The number of amides is 1. The molecule has 2 aromatic rings. The minimum Gasteiger partial charge on any atom is -0.342 e. The van der Waals surface area contributed by atoms with Gasteiger partial charge in [-0.2, -0.15) is 0 Å². The summed E-state index contributed by atoms with van der Waals surface area (Å²) in [6.45, 7) is 5.19. The van der Waals surface area contributed by atoms with Crippen molar-refractivity contribution >= 4 is 15.7 Å². The van der Waals surface area contributed by atoms with Gasteiger partial charge in [-0.3, -0.25) is 4.79 Å². The first-order valence-corrected chi connectivity index (χ1v) is 11.0. The smallest absolute Gasteiger partial charge is 0.250 e. The van der Waals surface area contributed by atoms with Crippen LogP contribution in [0.5, 0.6) is 0 Å². The molecule has 0 atom stereocenters. The van der Waals surface area contributed by atoms with E-state index in [0.29, 0.717) is 31.4 Å². The fraction of sp³-hybridized carbons (Fsp3) is 0.526. The average Bonchev–Trinajstić information content (AvgIpc) is 3.04. The Morgan fingerprint density at radius 3 is 2.44 bits per heavy atom. The summed E-state index contributed by atoms with van der Waals surface area (Å²) in [7, 11) is -3.79. The highest BCUT2D eigenvalue weighted by Gasteiger charge is 2.30. The molecule has 3 rings (SSSR count). The van der Waals surface area contributed by atoms with Crippen LogP contribution in [0.3, 0.4) is 0 Å². The molecule has 0 radical (unpaired) electrons. The first kappa shape index (κ1) is 19.5. The molecule has 0 aliphatic carbocycles. The van der Waals surface area contributed by atoms with Gasteiger partial charge >= 0.3 is 0 Å². The number of hydrogen-bond acceptors (Lipinski definition) is 5. The Morgan fingerprint density at radius 2 is 1.81 bits per heavy atom. The van der Waals surface area contributed by atoms with Crippen LogP contribution in [-0.4, -0.2) is 52.8 Å². The number of nitrogens with zero attached hydrogens (tertiary/aromatic N) is 4. The quantitative estimate of drug-likeness (QED) is 0.752. The highest BCUT2D eigenvalue weighted by atomic mass is 32.2. The number of aromatic nitrogens is 3. The monoisotopic (exact) mass is 390 g/mol. The van der Waals surface area contributed by atoms with E-state index in [4.69, 9.17) is 0 Å². The van der Waals surface area contributed by atoms with Crippen molar-refractivity contribution in [2.75, 3.05) is 18.8 Å². The van der Waals surface area contributed by atoms with E-state index in [1.807, 2.05) is 25.1 Å². The van der Waals surface area contributed by atoms with Gasteiger partial charge in [0.05, 0.1) is 0 Å². The third-order valence-corrected chi connectivity index (χ3v) is 6.63. The summed E-state index contributed by atoms with van der Waals surface area (Å²) in [5, 5.41) is 7.49. The number of piperidine rings is 1. The Balaban J connectivity index is 1.57. The van der Waals surface area contributed by atoms with Crippen LogP contribution >= 0.6 is 0 Å². The number of carbonyl (C=O) groups is 1. The molecule has 1 aliphatic rings. The first-order chi connectivity index (χ1) is 12.9. The van der Waals surface area contributed by atoms with Crippen molar-refractivity contribution in [3.8, 4) is 0 Å². The van der Waals surface area contributed by atoms with Crippen LogP contribution in [0.2, 0.25) is 0 Å². The van der Waals surface area contributed by atoms with E-state index >= 15 is 0 Å². The molecule has 0 unspecified atom stereocenters. The summed E-state index contributed by atoms with van der Waals surface area (Å²) in [4.78, 5) is 14.2. The van der Waals surface area contributed by atoms with Crippen molar-refractivity contribution in [3.05, 3.63) is 41.7 Å². The largest absolute Gasteiger partial charge is 0.342 e. The SMILES string of the molecule is CCn1c(C)nnc1S(=O)(=O)CC(=O)N1CCC(Cc2ccccc2)CC1. The summed E-state index contributed by atoms with van der Waals surface area (Å²) in [5.41, 5.74) is 1.30. The Hall–Kier alpha value is -2.22. The van der Waals surface area contributed by atoms with Crippen LogP contribution in [0.25, 0.3) is 0 Å². The summed E-state index contributed by atoms with van der Waals surface area (Å²) in [6.07, 6.45) is 2.79. The van der Waals surface area contributed by atoms with Crippen LogP contribution in [0.4, 0.5) is 0 Å². The van der Waals surface area contributed by atoms with Gasteiger partial charge in [-0.1, -0.05) is 30.3 Å². The zero-order valence-corrected chi connectivity index (χ0v) is 16.7. The topological polar surface area (TPSA) is 85.2 Å². The molecule has 8 heteroatoms. The van der Waals surface area contributed by atoms with Gasteiger partial charge in [-0.05, 0) is 44.6 Å². The molecular formula is C19H26N4O3S.